The summed E-state index contributed by atoms with van der Waals surface area (Å²) in [6, 6.07) is 13.6. The molecule has 0 N–H and O–H groups in total. The predicted molar refractivity (Wildman–Crippen MR) is 127 cm³/mol. The van der Waals surface area contributed by atoms with E-state index < -0.39 is 0 Å². The molecule has 2 unspecified atom stereocenters. The summed E-state index contributed by atoms with van der Waals surface area (Å²) < 4.78 is 7.20. The molecule has 2 aliphatic rings. The van der Waals surface area contributed by atoms with Crippen LogP contribution in [0.5, 0.6) is 11.6 Å². The Bertz CT molecular complexity index is 1170. The molecule has 1 aromatic carbocycles. The second-order valence-corrected chi connectivity index (χ2v) is 9.04. The molecular weight excluding hydrogens is 432 g/mol. The molecule has 9 nitrogen and oxygen atoms in total. The van der Waals surface area contributed by atoms with Crippen LogP contribution in [0.25, 0.3) is 0 Å². The molecule has 2 saturated heterocycles. The number of carbonyl (C=O) groups is 2. The smallest absolute Gasteiger partial charge is 0.344 e. The number of rotatable bonds is 5. The van der Waals surface area contributed by atoms with Gasteiger partial charge in [0.05, 0.1) is 18.1 Å². The lowest BCUT2D eigenvalue weighted by molar-refractivity contribution is -0.116. The fourth-order valence-electron chi connectivity index (χ4n) is 4.79. The van der Waals surface area contributed by atoms with Crippen molar-refractivity contribution in [3.05, 3.63) is 66.6 Å². The van der Waals surface area contributed by atoms with Crippen molar-refractivity contribution in [3.63, 3.8) is 0 Å². The Hall–Kier alpha value is -3.72. The number of hydrogen-bond donors (Lipinski definition) is 0. The molecule has 0 saturated carbocycles. The molecule has 2 fully saturated rings. The van der Waals surface area contributed by atoms with E-state index in [1.54, 1.807) is 25.6 Å². The zero-order valence-electron chi connectivity index (χ0n) is 19.4. The third-order valence-electron chi connectivity index (χ3n) is 6.62. The topological polar surface area (TPSA) is 83.8 Å². The Kier molecular flexibility index (Phi) is 6.02. The van der Waals surface area contributed by atoms with E-state index in [0.717, 1.165) is 38.5 Å². The number of aromatic nitrogens is 3. The van der Waals surface area contributed by atoms with Gasteiger partial charge in [-0.15, -0.1) is 0 Å². The van der Waals surface area contributed by atoms with Gasteiger partial charge in [-0.1, -0.05) is 18.2 Å². The van der Waals surface area contributed by atoms with Crippen LogP contribution < -0.4 is 9.64 Å². The van der Waals surface area contributed by atoms with E-state index in [9.17, 15) is 9.59 Å². The molecule has 0 spiro atoms. The molecule has 0 radical (unpaired) electrons. The summed E-state index contributed by atoms with van der Waals surface area (Å²) in [6.45, 7) is 5.69. The van der Waals surface area contributed by atoms with E-state index >= 15 is 0 Å². The van der Waals surface area contributed by atoms with Gasteiger partial charge in [0.15, 0.2) is 0 Å². The zero-order chi connectivity index (χ0) is 23.7. The zero-order valence-corrected chi connectivity index (χ0v) is 19.4. The van der Waals surface area contributed by atoms with E-state index in [1.165, 1.54) is 22.1 Å². The van der Waals surface area contributed by atoms with Crippen molar-refractivity contribution in [2.75, 3.05) is 38.1 Å². The Morgan fingerprint density at radius 3 is 2.59 bits per heavy atom. The minimum atomic E-state index is -0.136. The molecule has 2 aliphatic heterocycles. The number of benzene rings is 1. The number of ether oxygens (including phenoxy) is 1. The van der Waals surface area contributed by atoms with Crippen molar-refractivity contribution in [1.82, 2.24) is 24.6 Å². The SMILES string of the molecule is CC(=O)N(C)c1cnn(C(=O)N2CC3CN(Cc4cccc(Oc5ccccn5)c4)CC3C2)c1. The van der Waals surface area contributed by atoms with Crippen LogP contribution in [0.1, 0.15) is 12.5 Å². The normalized spacial score (nSPS) is 19.8. The Balaban J connectivity index is 1.16. The molecule has 2 atom stereocenters. The first-order valence-corrected chi connectivity index (χ1v) is 11.4. The highest BCUT2D eigenvalue weighted by atomic mass is 16.5. The molecule has 34 heavy (non-hydrogen) atoms. The molecule has 9 heteroatoms. The maximum absolute atomic E-state index is 12.9. The lowest BCUT2D eigenvalue weighted by Gasteiger charge is -2.21. The number of fused-ring (bicyclic) bond motifs is 1. The molecule has 3 aromatic rings. The Morgan fingerprint density at radius 2 is 1.88 bits per heavy atom. The minimum absolute atomic E-state index is 0.100. The van der Waals surface area contributed by atoms with Crippen LogP contribution >= 0.6 is 0 Å². The van der Waals surface area contributed by atoms with Crippen molar-refractivity contribution in [1.29, 1.82) is 0 Å². The van der Waals surface area contributed by atoms with Gasteiger partial charge in [-0.2, -0.15) is 9.78 Å². The fourth-order valence-corrected chi connectivity index (χ4v) is 4.79. The number of likely N-dealkylation sites (tertiary alicyclic amines) is 2. The first-order valence-electron chi connectivity index (χ1n) is 11.4. The van der Waals surface area contributed by atoms with Crippen molar-refractivity contribution >= 4 is 17.6 Å². The second kappa shape index (κ2) is 9.26. The lowest BCUT2D eigenvalue weighted by atomic mass is 10.0. The quantitative estimate of drug-likeness (QED) is 0.582. The van der Waals surface area contributed by atoms with Crippen LogP contribution in [0.3, 0.4) is 0 Å². The maximum atomic E-state index is 12.9. The first-order chi connectivity index (χ1) is 16.5. The van der Waals surface area contributed by atoms with Crippen LogP contribution in [0.4, 0.5) is 10.5 Å². The highest BCUT2D eigenvalue weighted by Gasteiger charge is 2.42. The maximum Gasteiger partial charge on any atom is 0.344 e. The van der Waals surface area contributed by atoms with Gasteiger partial charge in [0.2, 0.25) is 11.8 Å². The number of hydrogen-bond acceptors (Lipinski definition) is 6. The summed E-state index contributed by atoms with van der Waals surface area (Å²) in [5.74, 6) is 2.16. The van der Waals surface area contributed by atoms with Gasteiger partial charge in [0.1, 0.15) is 5.75 Å². The third-order valence-corrected chi connectivity index (χ3v) is 6.62. The van der Waals surface area contributed by atoms with Gasteiger partial charge < -0.3 is 14.5 Å². The van der Waals surface area contributed by atoms with E-state index in [2.05, 4.69) is 27.1 Å². The average molecular weight is 461 g/mol. The predicted octanol–water partition coefficient (Wildman–Crippen LogP) is 3.09. The van der Waals surface area contributed by atoms with Crippen molar-refractivity contribution in [3.8, 4) is 11.6 Å². The van der Waals surface area contributed by atoms with Crippen LogP contribution in [-0.2, 0) is 11.3 Å². The standard InChI is InChI=1S/C25H28N6O3/c1-18(32)28(2)22-11-27-31(17-22)25(33)30-15-20-13-29(14-21(20)16-30)12-19-6-5-7-23(10-19)34-24-8-3-4-9-26-24/h3-11,17,20-21H,12-16H2,1-2H3. The Morgan fingerprint density at radius 1 is 1.09 bits per heavy atom. The highest BCUT2D eigenvalue weighted by Crippen LogP contribution is 2.33. The van der Waals surface area contributed by atoms with Gasteiger partial charge in [-0.25, -0.2) is 9.78 Å². The van der Waals surface area contributed by atoms with E-state index in [4.69, 9.17) is 4.74 Å². The van der Waals surface area contributed by atoms with Gasteiger partial charge >= 0.3 is 6.03 Å². The number of anilines is 1. The summed E-state index contributed by atoms with van der Waals surface area (Å²) in [4.78, 5) is 34.5. The molecule has 4 heterocycles. The first kappa shape index (κ1) is 22.1. The molecule has 0 aliphatic carbocycles. The second-order valence-electron chi connectivity index (χ2n) is 9.04. The molecule has 0 bridgehead atoms. The van der Waals surface area contributed by atoms with Crippen LogP contribution in [-0.4, -0.2) is 69.7 Å². The molecule has 5 rings (SSSR count). The lowest BCUT2D eigenvalue weighted by Crippen LogP contribution is -2.36. The van der Waals surface area contributed by atoms with Gasteiger partial charge in [0.25, 0.3) is 0 Å². The number of amides is 2. The van der Waals surface area contributed by atoms with Crippen LogP contribution in [0.15, 0.2) is 61.1 Å². The van der Waals surface area contributed by atoms with Gasteiger partial charge in [0, 0.05) is 59.0 Å². The third kappa shape index (κ3) is 4.65. The summed E-state index contributed by atoms with van der Waals surface area (Å²) in [5.41, 5.74) is 1.81. The fraction of sp³-hybridized carbons (Fsp3) is 0.360. The van der Waals surface area contributed by atoms with Gasteiger partial charge in [-0.3, -0.25) is 9.69 Å². The highest BCUT2D eigenvalue weighted by molar-refractivity contribution is 5.91. The van der Waals surface area contributed by atoms with E-state index in [-0.39, 0.29) is 11.9 Å². The van der Waals surface area contributed by atoms with Crippen LogP contribution in [0.2, 0.25) is 0 Å². The van der Waals surface area contributed by atoms with E-state index in [0.29, 0.717) is 23.4 Å². The van der Waals surface area contributed by atoms with Crippen molar-refractivity contribution in [2.24, 2.45) is 11.8 Å². The number of nitrogens with zero attached hydrogens (tertiary/aromatic N) is 6. The monoisotopic (exact) mass is 460 g/mol. The summed E-state index contributed by atoms with van der Waals surface area (Å²) in [6.07, 6.45) is 4.87. The average Bonchev–Trinajstić information content (AvgIpc) is 3.54. The Labute approximate surface area is 198 Å². The molecule has 2 aromatic heterocycles. The van der Waals surface area contributed by atoms with Gasteiger partial charge in [-0.05, 0) is 35.6 Å². The molecule has 2 amide bonds. The summed E-state index contributed by atoms with van der Waals surface area (Å²) >= 11 is 0. The summed E-state index contributed by atoms with van der Waals surface area (Å²) in [7, 11) is 1.67. The number of pyridine rings is 1. The van der Waals surface area contributed by atoms with Crippen molar-refractivity contribution in [2.45, 2.75) is 13.5 Å². The van der Waals surface area contributed by atoms with Crippen LogP contribution in [0, 0.1) is 11.8 Å². The molecule has 176 valence electrons. The number of carbonyl (C=O) groups excluding carboxylic acids is 2. The van der Waals surface area contributed by atoms with E-state index in [1.807, 2.05) is 35.2 Å². The molecular formula is C25H28N6O3. The van der Waals surface area contributed by atoms with Crippen molar-refractivity contribution < 1.29 is 14.3 Å². The minimum Gasteiger partial charge on any atom is -0.439 e. The summed E-state index contributed by atoms with van der Waals surface area (Å²) in [5, 5.41) is 4.17. The largest absolute Gasteiger partial charge is 0.439 e.